The molecule has 1 unspecified atom stereocenters. The van der Waals surface area contributed by atoms with Crippen LogP contribution in [0.3, 0.4) is 0 Å². The van der Waals surface area contributed by atoms with Gasteiger partial charge in [0.15, 0.2) is 0 Å². The third-order valence-electron chi connectivity index (χ3n) is 3.67. The summed E-state index contributed by atoms with van der Waals surface area (Å²) in [6.45, 7) is -4.31. The lowest BCUT2D eigenvalue weighted by Gasteiger charge is -2.19. The van der Waals surface area contributed by atoms with E-state index in [1.807, 2.05) is 0 Å². The highest BCUT2D eigenvalue weighted by atomic mass is 32.2. The third kappa shape index (κ3) is 2.96. The zero-order valence-corrected chi connectivity index (χ0v) is 14.0. The summed E-state index contributed by atoms with van der Waals surface area (Å²) in [7, 11) is -2.87. The minimum absolute atomic E-state index is 0.0834. The molecule has 2 aromatic heterocycles. The zero-order valence-electron chi connectivity index (χ0n) is 19.1. The van der Waals surface area contributed by atoms with Crippen LogP contribution in [0, 0.1) is 11.7 Å². The number of rotatable bonds is 4. The van der Waals surface area contributed by atoms with Gasteiger partial charge in [-0.3, -0.25) is 0 Å². The van der Waals surface area contributed by atoms with Gasteiger partial charge in [-0.2, -0.15) is 14.6 Å². The van der Waals surface area contributed by atoms with Crippen LogP contribution in [0.2, 0.25) is 0 Å². The van der Waals surface area contributed by atoms with E-state index in [1.54, 1.807) is 31.2 Å². The van der Waals surface area contributed by atoms with E-state index >= 15 is 0 Å². The normalized spacial score (nSPS) is 18.6. The molecule has 0 saturated heterocycles. The quantitative estimate of drug-likeness (QED) is 0.779. The summed E-state index contributed by atoms with van der Waals surface area (Å²) in [5, 5.41) is 3.99. The summed E-state index contributed by atoms with van der Waals surface area (Å²) in [6.07, 6.45) is 2.64. The molecule has 0 fully saturated rings. The van der Waals surface area contributed by atoms with Gasteiger partial charge in [0.1, 0.15) is 12.1 Å². The van der Waals surface area contributed by atoms with E-state index in [1.165, 1.54) is 12.6 Å². The van der Waals surface area contributed by atoms with Crippen LogP contribution in [-0.2, 0) is 16.1 Å². The predicted octanol–water partition coefficient (Wildman–Crippen LogP) is 2.12. The molecule has 3 aromatic rings. The second-order valence-corrected chi connectivity index (χ2v) is 7.63. The summed E-state index contributed by atoms with van der Waals surface area (Å²) >= 11 is 0. The molecule has 1 atom stereocenters. The van der Waals surface area contributed by atoms with Gasteiger partial charge in [0, 0.05) is 51.0 Å². The molecule has 2 heterocycles. The number of nitrogens with zero attached hydrogens (tertiary/aromatic N) is 5. The Kier molecular flexibility index (Phi) is 2.54. The van der Waals surface area contributed by atoms with Gasteiger partial charge in [0.05, 0.1) is 9.73 Å². The van der Waals surface area contributed by atoms with Crippen molar-refractivity contribution in [1.82, 2.24) is 19.6 Å². The summed E-state index contributed by atoms with van der Waals surface area (Å²) in [5.41, 5.74) is 1.47. The Morgan fingerprint density at radius 2 is 2.04 bits per heavy atom. The summed E-state index contributed by atoms with van der Waals surface area (Å²) < 4.78 is 67.6. The molecular weight excluding hydrogens is 324 g/mol. The number of aryl methyl sites for hydroxylation is 1. The van der Waals surface area contributed by atoms with Gasteiger partial charge in [-0.15, -0.1) is 0 Å². The molecule has 7 nitrogen and oxygen atoms in total. The van der Waals surface area contributed by atoms with Gasteiger partial charge in [0.2, 0.25) is 0 Å². The van der Waals surface area contributed by atoms with Crippen molar-refractivity contribution in [2.45, 2.75) is 18.2 Å². The van der Waals surface area contributed by atoms with Crippen LogP contribution in [0.25, 0.3) is 5.78 Å². The standard InChI is InChI=1S/C16H20N6OS/c1-11-14(9-12-5-7-13(8-6-12)24(4,17)23)15(21(2)3)22-16(20-11)18-10-19-22/h5-8,10,17H,9H2,1-4H3/i2D3,3D3. The second kappa shape index (κ2) is 5.86. The summed E-state index contributed by atoms with van der Waals surface area (Å²) in [6, 6.07) is 6.45. The van der Waals surface area contributed by atoms with E-state index in [2.05, 4.69) is 15.1 Å². The van der Waals surface area contributed by atoms with Crippen LogP contribution >= 0.6 is 0 Å². The number of nitrogens with one attached hydrogen (secondary N) is 1. The molecule has 0 spiro atoms. The van der Waals surface area contributed by atoms with Crippen LogP contribution in [0.15, 0.2) is 35.5 Å². The average Bonchev–Trinajstić information content (AvgIpc) is 3.03. The molecule has 126 valence electrons. The molecular formula is C16H20N6OS. The SMILES string of the molecule is [2H]C([2H])([2H])N(c1c(Cc2ccc(S(C)(=N)=O)cc2)c(C)nc2ncnn12)C([2H])([2H])[2H]. The molecule has 0 bridgehead atoms. The molecule has 1 N–H and O–H groups in total. The number of benzene rings is 1. The smallest absolute Gasteiger partial charge is 0.254 e. The van der Waals surface area contributed by atoms with Gasteiger partial charge >= 0.3 is 0 Å². The van der Waals surface area contributed by atoms with Crippen LogP contribution < -0.4 is 4.90 Å². The Bertz CT molecular complexity index is 1170. The van der Waals surface area contributed by atoms with Crippen LogP contribution in [0.1, 0.15) is 25.0 Å². The zero-order chi connectivity index (χ0) is 22.5. The Labute approximate surface area is 149 Å². The maximum Gasteiger partial charge on any atom is 0.254 e. The average molecular weight is 350 g/mol. The van der Waals surface area contributed by atoms with E-state index in [9.17, 15) is 4.21 Å². The largest absolute Gasteiger partial charge is 0.362 e. The lowest BCUT2D eigenvalue weighted by atomic mass is 10.0. The Morgan fingerprint density at radius 3 is 2.67 bits per heavy atom. The molecule has 0 aliphatic carbocycles. The highest BCUT2D eigenvalue weighted by Gasteiger charge is 2.16. The number of anilines is 1. The van der Waals surface area contributed by atoms with Gasteiger partial charge in [-0.1, -0.05) is 12.1 Å². The van der Waals surface area contributed by atoms with E-state index in [-0.39, 0.29) is 18.0 Å². The van der Waals surface area contributed by atoms with Crippen molar-refractivity contribution in [2.75, 3.05) is 25.1 Å². The van der Waals surface area contributed by atoms with Crippen molar-refractivity contribution >= 4 is 21.3 Å². The first-order valence-electron chi connectivity index (χ1n) is 10.0. The Balaban J connectivity index is 2.22. The van der Waals surface area contributed by atoms with Crippen molar-refractivity contribution in [2.24, 2.45) is 0 Å². The first-order valence-corrected chi connectivity index (χ1v) is 8.98. The predicted molar refractivity (Wildman–Crippen MR) is 94.1 cm³/mol. The molecule has 1 aromatic carbocycles. The third-order valence-corrected chi connectivity index (χ3v) is 4.84. The molecule has 0 saturated carbocycles. The molecule has 0 aliphatic heterocycles. The van der Waals surface area contributed by atoms with Crippen molar-refractivity contribution in [3.63, 3.8) is 0 Å². The van der Waals surface area contributed by atoms with E-state index in [0.29, 0.717) is 26.6 Å². The first kappa shape index (κ1) is 10.4. The molecule has 24 heavy (non-hydrogen) atoms. The second-order valence-electron chi connectivity index (χ2n) is 5.47. The van der Waals surface area contributed by atoms with Gasteiger partial charge < -0.3 is 4.90 Å². The van der Waals surface area contributed by atoms with Crippen LogP contribution in [0.4, 0.5) is 5.82 Å². The van der Waals surface area contributed by atoms with E-state index in [4.69, 9.17) is 13.0 Å². The van der Waals surface area contributed by atoms with Crippen molar-refractivity contribution in [3.05, 3.63) is 47.4 Å². The molecule has 8 heteroatoms. The monoisotopic (exact) mass is 350 g/mol. The number of hydrogen-bond acceptors (Lipinski definition) is 6. The fourth-order valence-electron chi connectivity index (χ4n) is 2.48. The lowest BCUT2D eigenvalue weighted by Crippen LogP contribution is -2.18. The molecule has 0 radical (unpaired) electrons. The van der Waals surface area contributed by atoms with Gasteiger partial charge in [-0.25, -0.2) is 14.0 Å². The minimum Gasteiger partial charge on any atom is -0.362 e. The summed E-state index contributed by atoms with van der Waals surface area (Å²) in [4.78, 5) is 9.02. The Morgan fingerprint density at radius 1 is 1.33 bits per heavy atom. The maximum atomic E-state index is 11.9. The maximum absolute atomic E-state index is 11.9. The number of hydrogen-bond donors (Lipinski definition) is 1. The fraction of sp³-hybridized carbons (Fsp3) is 0.312. The lowest BCUT2D eigenvalue weighted by molar-refractivity contribution is 0.679. The summed E-state index contributed by atoms with van der Waals surface area (Å²) in [5.74, 6) is -0.0566. The first-order chi connectivity index (χ1) is 13.7. The minimum atomic E-state index is -2.98. The van der Waals surface area contributed by atoms with Crippen molar-refractivity contribution in [3.8, 4) is 0 Å². The highest BCUT2D eigenvalue weighted by molar-refractivity contribution is 7.91. The molecule has 3 rings (SSSR count). The van der Waals surface area contributed by atoms with E-state index in [0.717, 1.165) is 4.52 Å². The van der Waals surface area contributed by atoms with Crippen LogP contribution in [-0.4, -0.2) is 44.0 Å². The highest BCUT2D eigenvalue weighted by Crippen LogP contribution is 2.25. The number of aromatic nitrogens is 4. The topological polar surface area (TPSA) is 87.2 Å². The Hall–Kier alpha value is -2.48. The fourth-order valence-corrected chi connectivity index (χ4v) is 3.13. The molecule has 0 amide bonds. The number of fused-ring (bicyclic) bond motifs is 1. The van der Waals surface area contributed by atoms with Crippen LogP contribution in [0.5, 0.6) is 0 Å². The van der Waals surface area contributed by atoms with Crippen molar-refractivity contribution < 1.29 is 12.4 Å². The van der Waals surface area contributed by atoms with Gasteiger partial charge in [-0.05, 0) is 24.6 Å². The van der Waals surface area contributed by atoms with Crippen molar-refractivity contribution in [1.29, 1.82) is 4.78 Å². The van der Waals surface area contributed by atoms with E-state index < -0.39 is 23.7 Å². The molecule has 0 aliphatic rings. The van der Waals surface area contributed by atoms with Gasteiger partial charge in [0.25, 0.3) is 5.78 Å².